The molecule has 3 heterocycles. The van der Waals surface area contributed by atoms with Crippen molar-refractivity contribution in [3.63, 3.8) is 0 Å². The smallest absolute Gasteiger partial charge is 0.269 e. The second-order valence-corrected chi connectivity index (χ2v) is 6.54. The van der Waals surface area contributed by atoms with Crippen LogP contribution in [-0.4, -0.2) is 42.4 Å². The Hall–Kier alpha value is -3.42. The minimum Gasteiger partial charge on any atom is -0.350 e. The van der Waals surface area contributed by atoms with E-state index in [1.54, 1.807) is 6.07 Å². The van der Waals surface area contributed by atoms with Crippen LogP contribution in [0.15, 0.2) is 30.3 Å². The summed E-state index contributed by atoms with van der Waals surface area (Å²) in [6, 6.07) is 9.62. The largest absolute Gasteiger partial charge is 0.350 e. The van der Waals surface area contributed by atoms with E-state index in [4.69, 9.17) is 0 Å². The van der Waals surface area contributed by atoms with E-state index in [1.165, 1.54) is 0 Å². The minimum absolute atomic E-state index is 0.191. The van der Waals surface area contributed by atoms with Gasteiger partial charge in [0.05, 0.1) is 22.4 Å². The summed E-state index contributed by atoms with van der Waals surface area (Å²) in [5, 5.41) is 14.4. The Morgan fingerprint density at radius 1 is 1.26 bits per heavy atom. The number of aromatic amines is 2. The van der Waals surface area contributed by atoms with Crippen molar-refractivity contribution in [2.24, 2.45) is 7.05 Å². The van der Waals surface area contributed by atoms with Crippen LogP contribution in [-0.2, 0) is 13.5 Å². The van der Waals surface area contributed by atoms with Gasteiger partial charge in [-0.2, -0.15) is 10.2 Å². The van der Waals surface area contributed by atoms with Crippen LogP contribution < -0.4 is 5.32 Å². The van der Waals surface area contributed by atoms with Crippen LogP contribution in [0, 0.1) is 13.8 Å². The fraction of sp³-hybridized carbons (Fsp3) is 0.263. The van der Waals surface area contributed by atoms with Crippen molar-refractivity contribution in [3.05, 3.63) is 53.2 Å². The van der Waals surface area contributed by atoms with Crippen molar-refractivity contribution in [2.75, 3.05) is 6.54 Å². The molecule has 3 N–H and O–H groups in total. The molecule has 3 aromatic heterocycles. The molecule has 1 amide bonds. The fourth-order valence-electron chi connectivity index (χ4n) is 3.22. The summed E-state index contributed by atoms with van der Waals surface area (Å²) < 4.78 is 1.81. The summed E-state index contributed by atoms with van der Waals surface area (Å²) >= 11 is 0. The van der Waals surface area contributed by atoms with Crippen LogP contribution in [0.5, 0.6) is 0 Å². The fourth-order valence-corrected chi connectivity index (χ4v) is 3.22. The second-order valence-electron chi connectivity index (χ2n) is 6.54. The molecule has 0 fully saturated rings. The Bertz CT molecular complexity index is 1090. The molecule has 0 saturated heterocycles. The lowest BCUT2D eigenvalue weighted by atomic mass is 10.1. The van der Waals surface area contributed by atoms with E-state index < -0.39 is 0 Å². The lowest BCUT2D eigenvalue weighted by Gasteiger charge is -2.01. The van der Waals surface area contributed by atoms with Gasteiger partial charge < -0.3 is 10.3 Å². The van der Waals surface area contributed by atoms with Gasteiger partial charge in [0.2, 0.25) is 0 Å². The van der Waals surface area contributed by atoms with Crippen LogP contribution in [0.2, 0.25) is 0 Å². The topological polar surface area (TPSA) is 104 Å². The van der Waals surface area contributed by atoms with Gasteiger partial charge in [0, 0.05) is 31.3 Å². The number of amides is 1. The average molecular weight is 363 g/mol. The number of nitrogens with zero attached hydrogens (tertiary/aromatic N) is 4. The van der Waals surface area contributed by atoms with Gasteiger partial charge in [0.25, 0.3) is 5.91 Å². The summed E-state index contributed by atoms with van der Waals surface area (Å²) in [6.45, 7) is 4.40. The quantitative estimate of drug-likeness (QED) is 0.506. The van der Waals surface area contributed by atoms with Crippen molar-refractivity contribution in [1.82, 2.24) is 35.3 Å². The number of hydrogen-bond donors (Lipinski definition) is 3. The van der Waals surface area contributed by atoms with Gasteiger partial charge in [0.15, 0.2) is 0 Å². The van der Waals surface area contributed by atoms with Gasteiger partial charge in [-0.05, 0) is 32.0 Å². The number of rotatable bonds is 5. The molecule has 0 unspecified atom stereocenters. The van der Waals surface area contributed by atoms with E-state index in [9.17, 15) is 4.79 Å². The molecule has 4 rings (SSSR count). The molecule has 8 heteroatoms. The second kappa shape index (κ2) is 6.71. The Morgan fingerprint density at radius 3 is 2.81 bits per heavy atom. The third-order valence-corrected chi connectivity index (χ3v) is 4.67. The number of aromatic nitrogens is 6. The third-order valence-electron chi connectivity index (χ3n) is 4.67. The van der Waals surface area contributed by atoms with Gasteiger partial charge in [-0.15, -0.1) is 0 Å². The molecule has 0 aliphatic heterocycles. The number of benzene rings is 1. The Labute approximate surface area is 156 Å². The number of carbonyl (C=O) groups excluding carboxylic acids is 1. The molecule has 0 bridgehead atoms. The maximum Gasteiger partial charge on any atom is 0.269 e. The molecule has 27 heavy (non-hydrogen) atoms. The highest BCUT2D eigenvalue weighted by atomic mass is 16.1. The number of hydrogen-bond acceptors (Lipinski definition) is 4. The zero-order chi connectivity index (χ0) is 19.0. The number of imidazole rings is 1. The van der Waals surface area contributed by atoms with Crippen LogP contribution in [0.4, 0.5) is 0 Å². The summed E-state index contributed by atoms with van der Waals surface area (Å²) in [5.41, 5.74) is 5.93. The van der Waals surface area contributed by atoms with E-state index in [0.29, 0.717) is 18.7 Å². The average Bonchev–Trinajstić information content (AvgIpc) is 3.33. The monoisotopic (exact) mass is 363 g/mol. The molecule has 138 valence electrons. The number of nitrogens with one attached hydrogen (secondary N) is 3. The highest BCUT2D eigenvalue weighted by molar-refractivity contribution is 5.93. The van der Waals surface area contributed by atoms with Gasteiger partial charge in [-0.3, -0.25) is 14.6 Å². The van der Waals surface area contributed by atoms with Gasteiger partial charge in [-0.1, -0.05) is 12.1 Å². The lowest BCUT2D eigenvalue weighted by molar-refractivity contribution is 0.0949. The highest BCUT2D eigenvalue weighted by Gasteiger charge is 2.17. The van der Waals surface area contributed by atoms with Crippen LogP contribution in [0.25, 0.3) is 22.3 Å². The van der Waals surface area contributed by atoms with Gasteiger partial charge >= 0.3 is 0 Å². The first kappa shape index (κ1) is 17.0. The zero-order valence-corrected chi connectivity index (χ0v) is 15.5. The highest BCUT2D eigenvalue weighted by Crippen LogP contribution is 2.25. The molecule has 0 spiro atoms. The minimum atomic E-state index is -0.191. The first-order chi connectivity index (χ1) is 13.0. The molecular formula is C19H21N7O. The summed E-state index contributed by atoms with van der Waals surface area (Å²) in [6.07, 6.45) is 0.627. The summed E-state index contributed by atoms with van der Waals surface area (Å²) in [5.74, 6) is 0.660. The number of para-hydroxylation sites is 2. The Kier molecular flexibility index (Phi) is 4.23. The molecule has 4 aromatic rings. The van der Waals surface area contributed by atoms with E-state index in [-0.39, 0.29) is 5.91 Å². The Morgan fingerprint density at radius 2 is 2.07 bits per heavy atom. The van der Waals surface area contributed by atoms with E-state index >= 15 is 0 Å². The maximum absolute atomic E-state index is 12.4. The molecule has 8 nitrogen and oxygen atoms in total. The van der Waals surface area contributed by atoms with Crippen LogP contribution in [0.3, 0.4) is 0 Å². The molecule has 0 radical (unpaired) electrons. The van der Waals surface area contributed by atoms with Gasteiger partial charge in [0.1, 0.15) is 11.5 Å². The SMILES string of the molecule is Cc1nn(C)c(C)c1-c1cc(C(=O)NCCc2nc3ccccc3[nH]2)[nH]n1. The van der Waals surface area contributed by atoms with E-state index in [1.807, 2.05) is 49.8 Å². The van der Waals surface area contributed by atoms with Crippen LogP contribution >= 0.6 is 0 Å². The predicted molar refractivity (Wildman–Crippen MR) is 102 cm³/mol. The number of fused-ring (bicyclic) bond motifs is 1. The molecule has 0 aliphatic carbocycles. The van der Waals surface area contributed by atoms with Crippen molar-refractivity contribution < 1.29 is 4.79 Å². The number of aryl methyl sites for hydroxylation is 2. The third kappa shape index (κ3) is 3.21. The number of H-pyrrole nitrogens is 2. The summed E-state index contributed by atoms with van der Waals surface area (Å²) in [4.78, 5) is 20.2. The first-order valence-electron chi connectivity index (χ1n) is 8.80. The zero-order valence-electron chi connectivity index (χ0n) is 15.5. The maximum atomic E-state index is 12.4. The Balaban J connectivity index is 1.41. The van der Waals surface area contributed by atoms with Crippen molar-refractivity contribution in [2.45, 2.75) is 20.3 Å². The molecule has 0 saturated carbocycles. The van der Waals surface area contributed by atoms with Crippen molar-refractivity contribution in [3.8, 4) is 11.3 Å². The van der Waals surface area contributed by atoms with Crippen molar-refractivity contribution >= 4 is 16.9 Å². The van der Waals surface area contributed by atoms with Crippen LogP contribution in [0.1, 0.15) is 27.7 Å². The normalized spacial score (nSPS) is 11.2. The first-order valence-corrected chi connectivity index (χ1v) is 8.80. The molecule has 0 atom stereocenters. The lowest BCUT2D eigenvalue weighted by Crippen LogP contribution is -2.26. The molecular weight excluding hydrogens is 342 g/mol. The predicted octanol–water partition coefficient (Wildman–Crippen LogP) is 2.28. The standard InChI is InChI=1S/C19H21N7O/c1-11-18(12(2)26(3)25-11)15-10-16(24-23-15)19(27)20-9-8-17-21-13-6-4-5-7-14(13)22-17/h4-7,10H,8-9H2,1-3H3,(H,20,27)(H,21,22)(H,23,24). The number of carbonyl (C=O) groups is 1. The summed E-state index contributed by atoms with van der Waals surface area (Å²) in [7, 11) is 1.89. The van der Waals surface area contributed by atoms with Gasteiger partial charge in [-0.25, -0.2) is 4.98 Å². The van der Waals surface area contributed by atoms with E-state index in [0.717, 1.165) is 39.5 Å². The van der Waals surface area contributed by atoms with Crippen molar-refractivity contribution in [1.29, 1.82) is 0 Å². The molecule has 0 aliphatic rings. The van der Waals surface area contributed by atoms with E-state index in [2.05, 4.69) is 30.6 Å². The molecule has 1 aromatic carbocycles.